The van der Waals surface area contributed by atoms with Crippen LogP contribution in [0.2, 0.25) is 5.02 Å². The molecule has 0 aliphatic carbocycles. The largest absolute Gasteiger partial charge is 0.455 e. The van der Waals surface area contributed by atoms with Gasteiger partial charge in [-0.1, -0.05) is 28.9 Å². The number of cyclic esters (lactones) is 2. The van der Waals surface area contributed by atoms with Crippen molar-refractivity contribution in [3.63, 3.8) is 0 Å². The van der Waals surface area contributed by atoms with Crippen molar-refractivity contribution in [1.82, 2.24) is 0 Å². The number of aryl methyl sites for hydroxylation is 1. The molecule has 0 bridgehead atoms. The van der Waals surface area contributed by atoms with Crippen LogP contribution < -0.4 is 0 Å². The van der Waals surface area contributed by atoms with Crippen LogP contribution in [0.3, 0.4) is 0 Å². The van der Waals surface area contributed by atoms with Crippen molar-refractivity contribution >= 4 is 29.3 Å². The predicted octanol–water partition coefficient (Wildman–Crippen LogP) is 2.71. The third kappa shape index (κ3) is 2.14. The first-order chi connectivity index (χ1) is 11.0. The first-order valence-corrected chi connectivity index (χ1v) is 7.28. The molecule has 1 aromatic heterocycles. The summed E-state index contributed by atoms with van der Waals surface area (Å²) in [6.45, 7) is 1.91. The van der Waals surface area contributed by atoms with Gasteiger partial charge in [-0.25, -0.2) is 4.79 Å². The molecule has 6 nitrogen and oxygen atoms in total. The highest BCUT2D eigenvalue weighted by molar-refractivity contribution is 6.31. The molecule has 7 heteroatoms. The summed E-state index contributed by atoms with van der Waals surface area (Å²) < 4.78 is 10.3. The molecular formula is C16H10ClNO5. The Bertz CT molecular complexity index is 869. The van der Waals surface area contributed by atoms with E-state index in [4.69, 9.17) is 20.9 Å². The number of oxime groups is 1. The third-order valence-electron chi connectivity index (χ3n) is 3.86. The van der Waals surface area contributed by atoms with Crippen molar-refractivity contribution in [2.24, 2.45) is 11.1 Å². The number of fused-ring (bicyclic) bond motifs is 1. The topological polar surface area (TPSA) is 78.1 Å². The van der Waals surface area contributed by atoms with Crippen LogP contribution in [0.5, 0.6) is 0 Å². The molecule has 2 aliphatic heterocycles. The Morgan fingerprint density at radius 1 is 1.09 bits per heavy atom. The van der Waals surface area contributed by atoms with Crippen molar-refractivity contribution in [3.8, 4) is 11.3 Å². The molecule has 4 rings (SSSR count). The number of ether oxygens (including phenoxy) is 1. The zero-order chi connectivity index (χ0) is 16.1. The SMILES string of the molecule is Cc1ccc(-c2ccc(C3=NO[C@H]4C(=O)OC(=O)[C@@H]34)o2)cc1Cl. The van der Waals surface area contributed by atoms with Gasteiger partial charge in [0.2, 0.25) is 6.10 Å². The highest BCUT2D eigenvalue weighted by Gasteiger charge is 2.54. The molecule has 116 valence electrons. The predicted molar refractivity (Wildman–Crippen MR) is 79.9 cm³/mol. The van der Waals surface area contributed by atoms with E-state index < -0.39 is 24.0 Å². The summed E-state index contributed by atoms with van der Waals surface area (Å²) in [5.74, 6) is -1.34. The summed E-state index contributed by atoms with van der Waals surface area (Å²) in [6.07, 6.45) is -1.01. The van der Waals surface area contributed by atoms with Crippen LogP contribution in [-0.2, 0) is 19.2 Å². The quantitative estimate of drug-likeness (QED) is 0.624. The van der Waals surface area contributed by atoms with Gasteiger partial charge in [-0.3, -0.25) is 4.79 Å². The highest BCUT2D eigenvalue weighted by atomic mass is 35.5. The molecule has 3 heterocycles. The van der Waals surface area contributed by atoms with Crippen LogP contribution in [-0.4, -0.2) is 23.8 Å². The third-order valence-corrected chi connectivity index (χ3v) is 4.27. The average molecular weight is 332 g/mol. The minimum absolute atomic E-state index is 0.260. The lowest BCUT2D eigenvalue weighted by Gasteiger charge is -2.02. The Morgan fingerprint density at radius 3 is 2.65 bits per heavy atom. The molecule has 1 aromatic carbocycles. The van der Waals surface area contributed by atoms with Gasteiger partial charge in [0, 0.05) is 10.6 Å². The van der Waals surface area contributed by atoms with E-state index >= 15 is 0 Å². The van der Waals surface area contributed by atoms with Gasteiger partial charge < -0.3 is 14.0 Å². The van der Waals surface area contributed by atoms with Crippen LogP contribution >= 0.6 is 11.6 Å². The number of hydrogen-bond donors (Lipinski definition) is 0. The van der Waals surface area contributed by atoms with E-state index in [-0.39, 0.29) is 5.71 Å². The van der Waals surface area contributed by atoms with Crippen LogP contribution in [0.25, 0.3) is 11.3 Å². The summed E-state index contributed by atoms with van der Waals surface area (Å²) in [4.78, 5) is 28.2. The van der Waals surface area contributed by atoms with E-state index in [1.165, 1.54) is 0 Å². The van der Waals surface area contributed by atoms with Gasteiger partial charge >= 0.3 is 11.9 Å². The molecule has 2 atom stereocenters. The Kier molecular flexibility index (Phi) is 3.02. The van der Waals surface area contributed by atoms with Gasteiger partial charge in [-0.2, -0.15) is 0 Å². The van der Waals surface area contributed by atoms with E-state index in [0.29, 0.717) is 16.5 Å². The van der Waals surface area contributed by atoms with Gasteiger partial charge in [0.05, 0.1) is 0 Å². The second-order valence-corrected chi connectivity index (χ2v) is 5.76. The molecular weight excluding hydrogens is 322 g/mol. The van der Waals surface area contributed by atoms with Crippen molar-refractivity contribution in [2.45, 2.75) is 13.0 Å². The molecule has 23 heavy (non-hydrogen) atoms. The average Bonchev–Trinajstić information content (AvgIpc) is 3.20. The fraction of sp³-hybridized carbons (Fsp3) is 0.188. The first kappa shape index (κ1) is 14.0. The zero-order valence-corrected chi connectivity index (χ0v) is 12.7. The standard InChI is InChI=1S/C16H10ClNO5/c1-7-2-3-8(6-9(7)17)10-4-5-11(21-10)13-12-14(23-18-13)16(20)22-15(12)19/h2-6,12,14H,1H3/t12-,14+/m0/s1. The molecule has 0 radical (unpaired) electrons. The maximum absolute atomic E-state index is 11.7. The van der Waals surface area contributed by atoms with Crippen LogP contribution in [0.15, 0.2) is 39.9 Å². The lowest BCUT2D eigenvalue weighted by atomic mass is 9.98. The van der Waals surface area contributed by atoms with Crippen molar-refractivity contribution in [2.75, 3.05) is 0 Å². The monoisotopic (exact) mass is 331 g/mol. The molecule has 0 amide bonds. The normalized spacial score (nSPS) is 22.6. The summed E-state index contributed by atoms with van der Waals surface area (Å²) in [7, 11) is 0. The lowest BCUT2D eigenvalue weighted by Crippen LogP contribution is -2.26. The second-order valence-electron chi connectivity index (χ2n) is 5.35. The fourth-order valence-electron chi connectivity index (χ4n) is 2.58. The summed E-state index contributed by atoms with van der Waals surface area (Å²) >= 11 is 6.12. The number of halogens is 1. The second kappa shape index (κ2) is 4.96. The number of nitrogens with zero attached hydrogens (tertiary/aromatic N) is 1. The molecule has 1 saturated heterocycles. The van der Waals surface area contributed by atoms with Crippen LogP contribution in [0.4, 0.5) is 0 Å². The van der Waals surface area contributed by atoms with Gasteiger partial charge in [0.25, 0.3) is 0 Å². The molecule has 0 spiro atoms. The Morgan fingerprint density at radius 2 is 1.87 bits per heavy atom. The van der Waals surface area contributed by atoms with Gasteiger partial charge in [0.1, 0.15) is 11.5 Å². The minimum atomic E-state index is -1.01. The molecule has 0 unspecified atom stereocenters. The van der Waals surface area contributed by atoms with Gasteiger partial charge in [-0.05, 0) is 30.7 Å². The summed E-state index contributed by atoms with van der Waals surface area (Å²) in [5, 5.41) is 4.44. The highest BCUT2D eigenvalue weighted by Crippen LogP contribution is 2.33. The number of esters is 2. The van der Waals surface area contributed by atoms with E-state index in [0.717, 1.165) is 11.1 Å². The Balaban J connectivity index is 1.67. The molecule has 2 aromatic rings. The Hall–Kier alpha value is -2.60. The van der Waals surface area contributed by atoms with E-state index in [9.17, 15) is 9.59 Å². The summed E-state index contributed by atoms with van der Waals surface area (Å²) in [5.41, 5.74) is 2.02. The number of benzene rings is 1. The van der Waals surface area contributed by atoms with Crippen molar-refractivity contribution in [1.29, 1.82) is 0 Å². The number of furan rings is 1. The van der Waals surface area contributed by atoms with Crippen molar-refractivity contribution in [3.05, 3.63) is 46.7 Å². The number of rotatable bonds is 2. The number of carbonyl (C=O) groups excluding carboxylic acids is 2. The first-order valence-electron chi connectivity index (χ1n) is 6.90. The molecule has 2 aliphatic rings. The van der Waals surface area contributed by atoms with Crippen molar-refractivity contribution < 1.29 is 23.6 Å². The smallest absolute Gasteiger partial charge is 0.359 e. The van der Waals surface area contributed by atoms with E-state index in [1.54, 1.807) is 18.2 Å². The maximum atomic E-state index is 11.7. The lowest BCUT2D eigenvalue weighted by molar-refractivity contribution is -0.155. The number of carbonyl (C=O) groups is 2. The van der Waals surface area contributed by atoms with Gasteiger partial charge in [-0.15, -0.1) is 0 Å². The fourth-order valence-corrected chi connectivity index (χ4v) is 2.77. The van der Waals surface area contributed by atoms with Crippen LogP contribution in [0.1, 0.15) is 11.3 Å². The summed E-state index contributed by atoms with van der Waals surface area (Å²) in [6, 6.07) is 8.98. The maximum Gasteiger partial charge on any atom is 0.359 e. The van der Waals surface area contributed by atoms with E-state index in [2.05, 4.69) is 9.89 Å². The minimum Gasteiger partial charge on any atom is -0.455 e. The molecule has 0 N–H and O–H groups in total. The Labute approximate surface area is 135 Å². The van der Waals surface area contributed by atoms with Crippen LogP contribution in [0, 0.1) is 12.8 Å². The number of hydrogen-bond acceptors (Lipinski definition) is 6. The zero-order valence-electron chi connectivity index (χ0n) is 11.9. The van der Waals surface area contributed by atoms with Gasteiger partial charge in [0.15, 0.2) is 11.7 Å². The molecule has 1 fully saturated rings. The van der Waals surface area contributed by atoms with E-state index in [1.807, 2.05) is 19.1 Å². The molecule has 0 saturated carbocycles.